The zero-order valence-corrected chi connectivity index (χ0v) is 17.2. The Hall–Kier alpha value is -2.03. The normalized spacial score (nSPS) is 11.4. The van der Waals surface area contributed by atoms with Crippen molar-refractivity contribution in [1.29, 1.82) is 0 Å². The number of halogens is 3. The summed E-state index contributed by atoms with van der Waals surface area (Å²) in [5.74, 6) is -2.43. The quantitative estimate of drug-likeness (QED) is 0.437. The molecule has 1 atom stereocenters. The van der Waals surface area contributed by atoms with Gasteiger partial charge in [-0.15, -0.1) is 34.8 Å². The van der Waals surface area contributed by atoms with Crippen LogP contribution in [-0.2, 0) is 14.4 Å². The van der Waals surface area contributed by atoms with E-state index in [9.17, 15) is 19.2 Å². The number of anilines is 1. The van der Waals surface area contributed by atoms with Crippen LogP contribution in [0.4, 0.5) is 5.69 Å². The van der Waals surface area contributed by atoms with Crippen molar-refractivity contribution in [3.8, 4) is 0 Å². The highest BCUT2D eigenvalue weighted by atomic mass is 35.5. The minimum atomic E-state index is -1.20. The van der Waals surface area contributed by atoms with E-state index in [1.54, 1.807) is 12.1 Å². The second kappa shape index (κ2) is 12.4. The van der Waals surface area contributed by atoms with Gasteiger partial charge in [0, 0.05) is 24.8 Å². The molecular formula is C17H21Cl3N4O4. The highest BCUT2D eigenvalue weighted by Gasteiger charge is 2.28. The maximum absolute atomic E-state index is 12.7. The number of carbonyl (C=O) groups is 4. The molecule has 0 radical (unpaired) electrons. The number of rotatable bonds is 11. The van der Waals surface area contributed by atoms with Crippen LogP contribution in [0.2, 0.25) is 0 Å². The lowest BCUT2D eigenvalue weighted by molar-refractivity contribution is -0.135. The fraction of sp³-hybridized carbons (Fsp3) is 0.412. The Morgan fingerprint density at radius 3 is 2.18 bits per heavy atom. The van der Waals surface area contributed by atoms with E-state index in [2.05, 4.69) is 10.6 Å². The van der Waals surface area contributed by atoms with E-state index in [0.717, 1.165) is 0 Å². The largest absolute Gasteiger partial charge is 0.370 e. The van der Waals surface area contributed by atoms with Crippen molar-refractivity contribution in [2.24, 2.45) is 5.73 Å². The predicted molar refractivity (Wildman–Crippen MR) is 109 cm³/mol. The number of nitrogens with one attached hydrogen (secondary N) is 2. The van der Waals surface area contributed by atoms with E-state index in [1.807, 2.05) is 0 Å². The molecule has 0 heterocycles. The van der Waals surface area contributed by atoms with Crippen LogP contribution in [0.5, 0.6) is 0 Å². The fourth-order valence-corrected chi connectivity index (χ4v) is 2.84. The Morgan fingerprint density at radius 1 is 1.04 bits per heavy atom. The average molecular weight is 452 g/mol. The molecule has 1 aromatic carbocycles. The molecule has 8 nitrogen and oxygen atoms in total. The van der Waals surface area contributed by atoms with E-state index in [1.165, 1.54) is 17.0 Å². The van der Waals surface area contributed by atoms with Crippen LogP contribution in [0.1, 0.15) is 16.8 Å². The van der Waals surface area contributed by atoms with Crippen molar-refractivity contribution in [3.05, 3.63) is 29.8 Å². The number of carbonyl (C=O) groups excluding carboxylic acids is 4. The van der Waals surface area contributed by atoms with Gasteiger partial charge in [-0.1, -0.05) is 12.1 Å². The smallest absolute Gasteiger partial charge is 0.254 e. The van der Waals surface area contributed by atoms with Gasteiger partial charge in [-0.25, -0.2) is 0 Å². The molecule has 0 unspecified atom stereocenters. The number of primary amides is 1. The summed E-state index contributed by atoms with van der Waals surface area (Å²) in [5, 5.41) is 4.99. The lowest BCUT2D eigenvalue weighted by Crippen LogP contribution is -2.51. The third kappa shape index (κ3) is 7.53. The van der Waals surface area contributed by atoms with Crippen molar-refractivity contribution in [2.45, 2.75) is 12.5 Å². The molecule has 11 heteroatoms. The number of para-hydroxylation sites is 1. The van der Waals surface area contributed by atoms with E-state index < -0.39 is 36.1 Å². The highest BCUT2D eigenvalue weighted by molar-refractivity contribution is 6.29. The SMILES string of the molecule is NC(=O)C[C@H](NC(=O)c1ccccc1NC(=O)CCl)C(=O)N(CCCl)CCCl. The minimum Gasteiger partial charge on any atom is -0.370 e. The molecule has 4 N–H and O–H groups in total. The molecule has 28 heavy (non-hydrogen) atoms. The number of nitrogens with two attached hydrogens (primary N) is 1. The van der Waals surface area contributed by atoms with Crippen molar-refractivity contribution < 1.29 is 19.2 Å². The number of alkyl halides is 3. The summed E-state index contributed by atoms with van der Waals surface area (Å²) in [6.07, 6.45) is -0.401. The van der Waals surface area contributed by atoms with Crippen LogP contribution < -0.4 is 16.4 Å². The first-order valence-electron chi connectivity index (χ1n) is 8.28. The van der Waals surface area contributed by atoms with E-state index in [0.29, 0.717) is 0 Å². The van der Waals surface area contributed by atoms with Crippen molar-refractivity contribution in [2.75, 3.05) is 36.0 Å². The number of benzene rings is 1. The molecule has 0 spiro atoms. The van der Waals surface area contributed by atoms with Crippen LogP contribution in [-0.4, -0.2) is 65.3 Å². The van der Waals surface area contributed by atoms with Crippen molar-refractivity contribution in [1.82, 2.24) is 10.2 Å². The van der Waals surface area contributed by atoms with Gasteiger partial charge in [0.15, 0.2) is 0 Å². The van der Waals surface area contributed by atoms with Gasteiger partial charge in [-0.2, -0.15) is 0 Å². The van der Waals surface area contributed by atoms with Crippen LogP contribution in [0, 0.1) is 0 Å². The Bertz CT molecular complexity index is 711. The first kappa shape index (κ1) is 24.0. The summed E-state index contributed by atoms with van der Waals surface area (Å²) >= 11 is 16.9. The van der Waals surface area contributed by atoms with E-state index >= 15 is 0 Å². The van der Waals surface area contributed by atoms with Crippen LogP contribution in [0.15, 0.2) is 24.3 Å². The van der Waals surface area contributed by atoms with Gasteiger partial charge in [0.25, 0.3) is 5.91 Å². The summed E-state index contributed by atoms with van der Waals surface area (Å²) in [6, 6.07) is 4.98. The number of hydrogen-bond donors (Lipinski definition) is 3. The molecule has 0 aliphatic rings. The van der Waals surface area contributed by atoms with Crippen LogP contribution in [0.25, 0.3) is 0 Å². The van der Waals surface area contributed by atoms with Gasteiger partial charge < -0.3 is 21.3 Å². The second-order valence-electron chi connectivity index (χ2n) is 5.63. The standard InChI is InChI=1S/C17H21Cl3N4O4/c18-5-7-24(8-6-19)17(28)13(9-14(21)25)23-16(27)11-3-1-2-4-12(11)22-15(26)10-20/h1-4,13H,5-10H2,(H2,21,25)(H,22,26)(H,23,27)/t13-/m0/s1. The Labute approximate surface area is 177 Å². The Kier molecular flexibility index (Phi) is 10.7. The third-order valence-electron chi connectivity index (χ3n) is 3.60. The third-order valence-corrected chi connectivity index (χ3v) is 4.18. The van der Waals surface area contributed by atoms with Crippen molar-refractivity contribution in [3.63, 3.8) is 0 Å². The van der Waals surface area contributed by atoms with E-state index in [4.69, 9.17) is 40.5 Å². The first-order valence-corrected chi connectivity index (χ1v) is 9.89. The molecule has 0 fully saturated rings. The topological polar surface area (TPSA) is 122 Å². The van der Waals surface area contributed by atoms with Gasteiger partial charge >= 0.3 is 0 Å². The Balaban J connectivity index is 3.06. The van der Waals surface area contributed by atoms with Crippen LogP contribution >= 0.6 is 34.8 Å². The number of nitrogens with zero attached hydrogens (tertiary/aromatic N) is 1. The zero-order chi connectivity index (χ0) is 21.1. The molecule has 0 aliphatic heterocycles. The lowest BCUT2D eigenvalue weighted by atomic mass is 10.1. The van der Waals surface area contributed by atoms with Crippen molar-refractivity contribution >= 4 is 64.1 Å². The number of amides is 4. The summed E-state index contributed by atoms with van der Waals surface area (Å²) in [6.45, 7) is 0.390. The van der Waals surface area contributed by atoms with Gasteiger partial charge in [-0.3, -0.25) is 19.2 Å². The maximum Gasteiger partial charge on any atom is 0.254 e. The molecule has 0 aromatic heterocycles. The van der Waals surface area contributed by atoms with Gasteiger partial charge in [-0.05, 0) is 12.1 Å². The minimum absolute atomic E-state index is 0.101. The molecular weight excluding hydrogens is 431 g/mol. The Morgan fingerprint density at radius 2 is 1.64 bits per heavy atom. The summed E-state index contributed by atoms with van der Waals surface area (Å²) in [4.78, 5) is 49.7. The molecule has 0 aliphatic carbocycles. The zero-order valence-electron chi connectivity index (χ0n) is 14.9. The van der Waals surface area contributed by atoms with E-state index in [-0.39, 0.29) is 42.0 Å². The molecule has 154 valence electrons. The predicted octanol–water partition coefficient (Wildman–Crippen LogP) is 1.14. The molecule has 4 amide bonds. The van der Waals surface area contributed by atoms with Gasteiger partial charge in [0.05, 0.1) is 17.7 Å². The highest BCUT2D eigenvalue weighted by Crippen LogP contribution is 2.16. The molecule has 0 saturated carbocycles. The van der Waals surface area contributed by atoms with Gasteiger partial charge in [0.2, 0.25) is 17.7 Å². The first-order chi connectivity index (χ1) is 13.3. The average Bonchev–Trinajstić information content (AvgIpc) is 2.66. The summed E-state index contributed by atoms with van der Waals surface area (Å²) in [7, 11) is 0. The van der Waals surface area contributed by atoms with Gasteiger partial charge in [0.1, 0.15) is 11.9 Å². The fourth-order valence-electron chi connectivity index (χ4n) is 2.37. The lowest BCUT2D eigenvalue weighted by Gasteiger charge is -2.26. The molecule has 0 bridgehead atoms. The van der Waals surface area contributed by atoms with Crippen LogP contribution in [0.3, 0.4) is 0 Å². The number of hydrogen-bond acceptors (Lipinski definition) is 4. The summed E-state index contributed by atoms with van der Waals surface area (Å²) < 4.78 is 0. The second-order valence-corrected chi connectivity index (χ2v) is 6.65. The maximum atomic E-state index is 12.7. The molecule has 1 rings (SSSR count). The molecule has 1 aromatic rings. The summed E-state index contributed by atoms with van der Waals surface area (Å²) in [5.41, 5.74) is 5.54. The monoisotopic (exact) mass is 450 g/mol. The molecule has 0 saturated heterocycles.